The molecule has 0 heterocycles. The Balaban J connectivity index is 2.16. The molecule has 0 saturated carbocycles. The maximum atomic E-state index is 12.3. The quantitative estimate of drug-likeness (QED) is 0.600. The van der Waals surface area contributed by atoms with Gasteiger partial charge in [0.15, 0.2) is 5.78 Å². The van der Waals surface area contributed by atoms with Crippen molar-refractivity contribution in [3.05, 3.63) is 71.8 Å². The molecular formula is C18H18O3. The Bertz CT molecular complexity index is 590. The molecule has 3 nitrogen and oxygen atoms in total. The molecule has 1 atom stereocenters. The van der Waals surface area contributed by atoms with Gasteiger partial charge in [0.2, 0.25) is 0 Å². The van der Waals surface area contributed by atoms with Crippen molar-refractivity contribution in [2.75, 3.05) is 7.11 Å². The van der Waals surface area contributed by atoms with Crippen molar-refractivity contribution in [2.24, 2.45) is 0 Å². The highest BCUT2D eigenvalue weighted by atomic mass is 16.5. The maximum Gasteiger partial charge on any atom is 0.306 e. The van der Waals surface area contributed by atoms with E-state index < -0.39 is 0 Å². The van der Waals surface area contributed by atoms with Gasteiger partial charge in [-0.1, -0.05) is 60.7 Å². The third-order valence-corrected chi connectivity index (χ3v) is 3.44. The normalized spacial score (nSPS) is 11.7. The van der Waals surface area contributed by atoms with Crippen LogP contribution in [-0.4, -0.2) is 18.9 Å². The maximum absolute atomic E-state index is 12.3. The van der Waals surface area contributed by atoms with Crippen molar-refractivity contribution in [3.8, 4) is 0 Å². The van der Waals surface area contributed by atoms with E-state index in [-0.39, 0.29) is 24.1 Å². The first kappa shape index (κ1) is 15.0. The van der Waals surface area contributed by atoms with Crippen molar-refractivity contribution in [3.63, 3.8) is 0 Å². The first-order valence-corrected chi connectivity index (χ1v) is 6.90. The van der Waals surface area contributed by atoms with Crippen LogP contribution in [0.1, 0.15) is 34.7 Å². The Morgan fingerprint density at radius 1 is 0.905 bits per heavy atom. The number of esters is 1. The van der Waals surface area contributed by atoms with Gasteiger partial charge in [-0.3, -0.25) is 9.59 Å². The minimum Gasteiger partial charge on any atom is -0.469 e. The molecule has 0 aliphatic rings. The van der Waals surface area contributed by atoms with E-state index in [2.05, 4.69) is 0 Å². The predicted octanol–water partition coefficient (Wildman–Crippen LogP) is 3.61. The second-order valence-corrected chi connectivity index (χ2v) is 4.88. The molecule has 21 heavy (non-hydrogen) atoms. The number of benzene rings is 2. The molecule has 0 N–H and O–H groups in total. The molecule has 0 aliphatic heterocycles. The van der Waals surface area contributed by atoms with Crippen LogP contribution in [0.4, 0.5) is 0 Å². The van der Waals surface area contributed by atoms with E-state index in [0.29, 0.717) is 12.0 Å². The van der Waals surface area contributed by atoms with Crippen LogP contribution in [0.3, 0.4) is 0 Å². The number of ether oxygens (including phenoxy) is 1. The summed E-state index contributed by atoms with van der Waals surface area (Å²) in [4.78, 5) is 23.9. The summed E-state index contributed by atoms with van der Waals surface area (Å²) in [6, 6.07) is 18.7. The van der Waals surface area contributed by atoms with Gasteiger partial charge in [0.25, 0.3) is 0 Å². The van der Waals surface area contributed by atoms with Gasteiger partial charge >= 0.3 is 5.97 Å². The van der Waals surface area contributed by atoms with Crippen LogP contribution >= 0.6 is 0 Å². The molecule has 3 heteroatoms. The number of carbonyl (C=O) groups is 2. The van der Waals surface area contributed by atoms with Crippen molar-refractivity contribution < 1.29 is 14.3 Å². The zero-order valence-corrected chi connectivity index (χ0v) is 12.0. The van der Waals surface area contributed by atoms with Gasteiger partial charge in [0.05, 0.1) is 13.5 Å². The van der Waals surface area contributed by atoms with Gasteiger partial charge in [-0.05, 0) is 5.56 Å². The summed E-state index contributed by atoms with van der Waals surface area (Å²) in [5.74, 6) is -0.426. The summed E-state index contributed by atoms with van der Waals surface area (Å²) < 4.78 is 4.74. The van der Waals surface area contributed by atoms with Crippen molar-refractivity contribution in [1.82, 2.24) is 0 Å². The van der Waals surface area contributed by atoms with Crippen LogP contribution in [0.25, 0.3) is 0 Å². The summed E-state index contributed by atoms with van der Waals surface area (Å²) in [6.45, 7) is 0. The van der Waals surface area contributed by atoms with Crippen molar-refractivity contribution >= 4 is 11.8 Å². The Morgan fingerprint density at radius 2 is 1.48 bits per heavy atom. The fourth-order valence-corrected chi connectivity index (χ4v) is 2.28. The van der Waals surface area contributed by atoms with E-state index in [1.165, 1.54) is 7.11 Å². The summed E-state index contributed by atoms with van der Waals surface area (Å²) in [5.41, 5.74) is 1.65. The lowest BCUT2D eigenvalue weighted by molar-refractivity contribution is -0.141. The lowest BCUT2D eigenvalue weighted by atomic mass is 9.89. The number of Topliss-reactive ketones (excluding diaryl/α,β-unsaturated/α-hetero) is 1. The Hall–Kier alpha value is -2.42. The van der Waals surface area contributed by atoms with Crippen molar-refractivity contribution in [1.29, 1.82) is 0 Å². The number of hydrogen-bond acceptors (Lipinski definition) is 3. The molecule has 0 fully saturated rings. The molecule has 0 bridgehead atoms. The van der Waals surface area contributed by atoms with E-state index in [1.54, 1.807) is 12.1 Å². The third-order valence-electron chi connectivity index (χ3n) is 3.44. The Labute approximate surface area is 124 Å². The van der Waals surface area contributed by atoms with Crippen LogP contribution in [0.5, 0.6) is 0 Å². The average Bonchev–Trinajstić information content (AvgIpc) is 2.55. The van der Waals surface area contributed by atoms with Gasteiger partial charge in [0.1, 0.15) is 0 Å². The summed E-state index contributed by atoms with van der Waals surface area (Å²) in [5, 5.41) is 0. The molecule has 0 spiro atoms. The largest absolute Gasteiger partial charge is 0.469 e. The highest BCUT2D eigenvalue weighted by molar-refractivity contribution is 5.96. The molecule has 0 amide bonds. The molecule has 2 rings (SSSR count). The standard InChI is InChI=1S/C18H18O3/c1-21-18(20)13-16(14-8-4-2-5-9-14)12-17(19)15-10-6-3-7-11-15/h2-11,16H,12-13H2,1H3/t16-/m0/s1. The fraction of sp³-hybridized carbons (Fsp3) is 0.222. The number of rotatable bonds is 6. The smallest absolute Gasteiger partial charge is 0.306 e. The molecule has 0 unspecified atom stereocenters. The SMILES string of the molecule is COC(=O)C[C@H](CC(=O)c1ccccc1)c1ccccc1. The number of methoxy groups -OCH3 is 1. The highest BCUT2D eigenvalue weighted by Crippen LogP contribution is 2.25. The molecule has 0 saturated heterocycles. The first-order chi connectivity index (χ1) is 10.2. The van der Waals surface area contributed by atoms with Gasteiger partial charge < -0.3 is 4.74 Å². The molecule has 0 radical (unpaired) electrons. The van der Waals surface area contributed by atoms with Gasteiger partial charge in [0, 0.05) is 17.9 Å². The minimum absolute atomic E-state index is 0.0355. The number of carbonyl (C=O) groups excluding carboxylic acids is 2. The fourth-order valence-electron chi connectivity index (χ4n) is 2.28. The highest BCUT2D eigenvalue weighted by Gasteiger charge is 2.20. The minimum atomic E-state index is -0.301. The number of ketones is 1. The van der Waals surface area contributed by atoms with Crippen molar-refractivity contribution in [2.45, 2.75) is 18.8 Å². The van der Waals surface area contributed by atoms with E-state index in [4.69, 9.17) is 4.74 Å². The van der Waals surface area contributed by atoms with Crippen LogP contribution in [0.2, 0.25) is 0 Å². The Morgan fingerprint density at radius 3 is 2.05 bits per heavy atom. The topological polar surface area (TPSA) is 43.4 Å². The molecule has 0 aliphatic carbocycles. The molecular weight excluding hydrogens is 264 g/mol. The molecule has 2 aromatic carbocycles. The number of hydrogen-bond donors (Lipinski definition) is 0. The zero-order chi connectivity index (χ0) is 15.1. The van der Waals surface area contributed by atoms with E-state index in [9.17, 15) is 9.59 Å². The Kier molecular flexibility index (Phi) is 5.27. The summed E-state index contributed by atoms with van der Waals surface area (Å²) >= 11 is 0. The molecule has 0 aromatic heterocycles. The van der Waals surface area contributed by atoms with Crippen LogP contribution in [0, 0.1) is 0 Å². The molecule has 108 valence electrons. The zero-order valence-electron chi connectivity index (χ0n) is 12.0. The van der Waals surface area contributed by atoms with Gasteiger partial charge in [-0.15, -0.1) is 0 Å². The first-order valence-electron chi connectivity index (χ1n) is 6.90. The summed E-state index contributed by atoms with van der Waals surface area (Å²) in [6.07, 6.45) is 0.502. The van der Waals surface area contributed by atoms with Gasteiger partial charge in [-0.25, -0.2) is 0 Å². The monoisotopic (exact) mass is 282 g/mol. The van der Waals surface area contributed by atoms with E-state index in [0.717, 1.165) is 5.56 Å². The predicted molar refractivity (Wildman–Crippen MR) is 81.2 cm³/mol. The van der Waals surface area contributed by atoms with Gasteiger partial charge in [-0.2, -0.15) is 0 Å². The molecule has 2 aromatic rings. The third kappa shape index (κ3) is 4.28. The lowest BCUT2D eigenvalue weighted by Gasteiger charge is -2.15. The lowest BCUT2D eigenvalue weighted by Crippen LogP contribution is -2.13. The summed E-state index contributed by atoms with van der Waals surface area (Å²) in [7, 11) is 1.36. The van der Waals surface area contributed by atoms with Crippen LogP contribution in [0.15, 0.2) is 60.7 Å². The van der Waals surface area contributed by atoms with Crippen LogP contribution in [-0.2, 0) is 9.53 Å². The second kappa shape index (κ2) is 7.39. The second-order valence-electron chi connectivity index (χ2n) is 4.88. The van der Waals surface area contributed by atoms with Crippen LogP contribution < -0.4 is 0 Å². The average molecular weight is 282 g/mol. The van der Waals surface area contributed by atoms with E-state index >= 15 is 0 Å². The van der Waals surface area contributed by atoms with E-state index in [1.807, 2.05) is 48.5 Å².